The Balaban J connectivity index is 2.16. The number of benzene rings is 1. The number of amides is 1. The van der Waals surface area contributed by atoms with Gasteiger partial charge in [0.05, 0.1) is 11.7 Å². The topological polar surface area (TPSA) is 48.0 Å². The number of carbonyl (C=O) groups excluding carboxylic acids is 1. The van der Waals surface area contributed by atoms with E-state index in [1.165, 1.54) is 11.0 Å². The molecule has 1 fully saturated rings. The molecule has 7 heteroatoms. The third-order valence-electron chi connectivity index (χ3n) is 4.47. The molecule has 5 nitrogen and oxygen atoms in total. The van der Waals surface area contributed by atoms with Crippen molar-refractivity contribution in [3.63, 3.8) is 0 Å². The standard InChI is InChI=1S/C19H29BFNO4/c1-12-9-14(11-22(8)17(23)24-18(3,4)5)10-15(21)16(12)20-25-13(2)19(6,7)26-20/h9-10,13H,11H2,1-8H3. The van der Waals surface area contributed by atoms with Gasteiger partial charge in [0.1, 0.15) is 11.4 Å². The number of ether oxygens (including phenoxy) is 1. The summed E-state index contributed by atoms with van der Waals surface area (Å²) in [7, 11) is 0.903. The molecule has 1 aromatic rings. The molecule has 0 aromatic heterocycles. The molecule has 1 aliphatic heterocycles. The van der Waals surface area contributed by atoms with Crippen LogP contribution in [0.4, 0.5) is 9.18 Å². The van der Waals surface area contributed by atoms with Crippen LogP contribution in [0.25, 0.3) is 0 Å². The number of nitrogens with zero attached hydrogens (tertiary/aromatic N) is 1. The highest BCUT2D eigenvalue weighted by atomic mass is 19.1. The molecule has 1 atom stereocenters. The highest BCUT2D eigenvalue weighted by molar-refractivity contribution is 6.62. The largest absolute Gasteiger partial charge is 0.497 e. The second kappa shape index (κ2) is 7.20. The Labute approximate surface area is 155 Å². The predicted molar refractivity (Wildman–Crippen MR) is 99.9 cm³/mol. The fourth-order valence-electron chi connectivity index (χ4n) is 2.77. The van der Waals surface area contributed by atoms with Crippen molar-refractivity contribution in [3.05, 3.63) is 29.1 Å². The van der Waals surface area contributed by atoms with Crippen LogP contribution in [0.3, 0.4) is 0 Å². The smallest absolute Gasteiger partial charge is 0.444 e. The van der Waals surface area contributed by atoms with E-state index in [0.29, 0.717) is 11.0 Å². The Morgan fingerprint density at radius 2 is 2.00 bits per heavy atom. The van der Waals surface area contributed by atoms with E-state index in [0.717, 1.165) is 5.56 Å². The second-order valence-corrected chi connectivity index (χ2v) is 8.48. The van der Waals surface area contributed by atoms with Crippen molar-refractivity contribution in [1.29, 1.82) is 0 Å². The number of halogens is 1. The van der Waals surface area contributed by atoms with Gasteiger partial charge in [-0.3, -0.25) is 0 Å². The normalized spacial score (nSPS) is 19.6. The molecule has 2 rings (SSSR count). The molecular formula is C19H29BFNO4. The first-order valence-electron chi connectivity index (χ1n) is 8.86. The van der Waals surface area contributed by atoms with E-state index >= 15 is 0 Å². The number of rotatable bonds is 3. The quantitative estimate of drug-likeness (QED) is 0.771. The van der Waals surface area contributed by atoms with E-state index in [1.807, 2.05) is 33.8 Å². The molecule has 1 amide bonds. The minimum absolute atomic E-state index is 0.135. The van der Waals surface area contributed by atoms with Gasteiger partial charge in [0, 0.05) is 19.1 Å². The van der Waals surface area contributed by atoms with Crippen LogP contribution in [0.2, 0.25) is 0 Å². The zero-order chi connectivity index (χ0) is 19.9. The van der Waals surface area contributed by atoms with Crippen LogP contribution < -0.4 is 5.46 Å². The van der Waals surface area contributed by atoms with Gasteiger partial charge in [-0.25, -0.2) is 9.18 Å². The molecule has 1 saturated heterocycles. The summed E-state index contributed by atoms with van der Waals surface area (Å²) in [6.45, 7) is 13.3. The first-order chi connectivity index (χ1) is 11.8. The zero-order valence-electron chi connectivity index (χ0n) is 17.0. The summed E-state index contributed by atoms with van der Waals surface area (Å²) in [5, 5.41) is 0. The van der Waals surface area contributed by atoms with Crippen LogP contribution in [0.1, 0.15) is 52.7 Å². The van der Waals surface area contributed by atoms with Gasteiger partial charge in [-0.1, -0.05) is 6.07 Å². The maximum absolute atomic E-state index is 14.8. The van der Waals surface area contributed by atoms with E-state index in [-0.39, 0.29) is 12.6 Å². The molecule has 26 heavy (non-hydrogen) atoms. The van der Waals surface area contributed by atoms with Crippen molar-refractivity contribution in [1.82, 2.24) is 4.90 Å². The van der Waals surface area contributed by atoms with Gasteiger partial charge >= 0.3 is 13.2 Å². The van der Waals surface area contributed by atoms with Crippen LogP contribution in [0, 0.1) is 12.7 Å². The molecule has 0 spiro atoms. The second-order valence-electron chi connectivity index (χ2n) is 8.48. The third kappa shape index (κ3) is 4.77. The summed E-state index contributed by atoms with van der Waals surface area (Å²) < 4.78 is 31.8. The average molecular weight is 365 g/mol. The molecular weight excluding hydrogens is 336 g/mol. The Hall–Kier alpha value is -1.60. The molecule has 1 aromatic carbocycles. The van der Waals surface area contributed by atoms with Crippen molar-refractivity contribution in [2.75, 3.05) is 7.05 Å². The number of hydrogen-bond acceptors (Lipinski definition) is 4. The van der Waals surface area contributed by atoms with Crippen LogP contribution in [0.5, 0.6) is 0 Å². The summed E-state index contributed by atoms with van der Waals surface area (Å²) in [6, 6.07) is 3.27. The van der Waals surface area contributed by atoms with Crippen LogP contribution in [-0.2, 0) is 20.6 Å². The van der Waals surface area contributed by atoms with Crippen molar-refractivity contribution in [3.8, 4) is 0 Å². The lowest BCUT2D eigenvalue weighted by molar-refractivity contribution is 0.0285. The lowest BCUT2D eigenvalue weighted by Crippen LogP contribution is -2.39. The van der Waals surface area contributed by atoms with Crippen molar-refractivity contribution in [2.24, 2.45) is 0 Å². The molecule has 0 saturated carbocycles. The van der Waals surface area contributed by atoms with E-state index < -0.39 is 30.2 Å². The van der Waals surface area contributed by atoms with Crippen molar-refractivity contribution < 1.29 is 23.2 Å². The Morgan fingerprint density at radius 3 is 2.46 bits per heavy atom. The van der Waals surface area contributed by atoms with Crippen LogP contribution in [-0.4, -0.2) is 42.5 Å². The Bertz CT molecular complexity index is 664. The summed E-state index contributed by atoms with van der Waals surface area (Å²) in [6.07, 6.45) is -0.582. The molecule has 1 heterocycles. The van der Waals surface area contributed by atoms with Crippen molar-refractivity contribution in [2.45, 2.75) is 72.3 Å². The van der Waals surface area contributed by atoms with E-state index in [9.17, 15) is 9.18 Å². The first-order valence-corrected chi connectivity index (χ1v) is 8.86. The molecule has 0 radical (unpaired) electrons. The fraction of sp³-hybridized carbons (Fsp3) is 0.632. The molecule has 0 aliphatic carbocycles. The lowest BCUT2D eigenvalue weighted by atomic mass is 9.75. The number of hydrogen-bond donors (Lipinski definition) is 0. The lowest BCUT2D eigenvalue weighted by Gasteiger charge is -2.25. The summed E-state index contributed by atoms with van der Waals surface area (Å²) in [4.78, 5) is 13.5. The van der Waals surface area contributed by atoms with Gasteiger partial charge in [0.15, 0.2) is 0 Å². The van der Waals surface area contributed by atoms with Gasteiger partial charge in [-0.2, -0.15) is 0 Å². The minimum Gasteiger partial charge on any atom is -0.444 e. The Morgan fingerprint density at radius 1 is 1.38 bits per heavy atom. The number of carbonyl (C=O) groups is 1. The molecule has 1 aliphatic rings. The Kier molecular flexibility index (Phi) is 5.73. The molecule has 1 unspecified atom stereocenters. The molecule has 0 bridgehead atoms. The highest BCUT2D eigenvalue weighted by Crippen LogP contribution is 2.28. The fourth-order valence-corrected chi connectivity index (χ4v) is 2.77. The van der Waals surface area contributed by atoms with E-state index in [2.05, 4.69) is 0 Å². The average Bonchev–Trinajstić information content (AvgIpc) is 2.69. The number of aryl methyl sites for hydroxylation is 1. The predicted octanol–water partition coefficient (Wildman–Crippen LogP) is 3.41. The van der Waals surface area contributed by atoms with Crippen LogP contribution >= 0.6 is 0 Å². The maximum Gasteiger partial charge on any atom is 0.497 e. The summed E-state index contributed by atoms with van der Waals surface area (Å²) in [5.41, 5.74) is 0.775. The third-order valence-corrected chi connectivity index (χ3v) is 4.47. The van der Waals surface area contributed by atoms with Gasteiger partial charge in [0.25, 0.3) is 0 Å². The van der Waals surface area contributed by atoms with Gasteiger partial charge in [-0.05, 0) is 65.7 Å². The van der Waals surface area contributed by atoms with Crippen molar-refractivity contribution >= 4 is 18.7 Å². The van der Waals surface area contributed by atoms with Gasteiger partial charge < -0.3 is 18.9 Å². The van der Waals surface area contributed by atoms with E-state index in [4.69, 9.17) is 14.0 Å². The van der Waals surface area contributed by atoms with Crippen LogP contribution in [0.15, 0.2) is 12.1 Å². The van der Waals surface area contributed by atoms with Gasteiger partial charge in [-0.15, -0.1) is 0 Å². The molecule has 144 valence electrons. The minimum atomic E-state index is -0.724. The monoisotopic (exact) mass is 365 g/mol. The molecule has 0 N–H and O–H groups in total. The highest BCUT2D eigenvalue weighted by Gasteiger charge is 2.45. The van der Waals surface area contributed by atoms with E-state index in [1.54, 1.807) is 27.8 Å². The summed E-state index contributed by atoms with van der Waals surface area (Å²) in [5.74, 6) is -0.396. The first kappa shape index (κ1) is 20.7. The maximum atomic E-state index is 14.8. The summed E-state index contributed by atoms with van der Waals surface area (Å²) >= 11 is 0. The SMILES string of the molecule is Cc1cc(CN(C)C(=O)OC(C)(C)C)cc(F)c1B1OC(C)C(C)(C)O1. The zero-order valence-corrected chi connectivity index (χ0v) is 17.0. The van der Waals surface area contributed by atoms with Gasteiger partial charge in [0.2, 0.25) is 0 Å².